The highest BCUT2D eigenvalue weighted by atomic mass is 16.4. The number of nitrogens with one attached hydrogen (secondary N) is 1. The number of anilines is 1. The lowest BCUT2D eigenvalue weighted by Gasteiger charge is -2.39. The zero-order valence-electron chi connectivity index (χ0n) is 18.9. The van der Waals surface area contributed by atoms with Crippen LogP contribution in [0.5, 0.6) is 0 Å². The Morgan fingerprint density at radius 2 is 1.55 bits per heavy atom. The minimum atomic E-state index is -0.648. The molecule has 7 heteroatoms. The van der Waals surface area contributed by atoms with Gasteiger partial charge < -0.3 is 15.0 Å². The van der Waals surface area contributed by atoms with E-state index in [-0.39, 0.29) is 0 Å². The number of hydrogen-bond acceptors (Lipinski definition) is 5. The van der Waals surface area contributed by atoms with Crippen LogP contribution in [0, 0.1) is 17.8 Å². The third kappa shape index (κ3) is 5.07. The van der Waals surface area contributed by atoms with Crippen molar-refractivity contribution in [2.24, 2.45) is 17.8 Å². The summed E-state index contributed by atoms with van der Waals surface area (Å²) < 4.78 is 0. The third-order valence-electron chi connectivity index (χ3n) is 7.44. The van der Waals surface area contributed by atoms with Gasteiger partial charge in [-0.1, -0.05) is 30.3 Å². The van der Waals surface area contributed by atoms with Crippen LogP contribution < -0.4 is 4.90 Å². The Labute approximate surface area is 194 Å². The molecule has 0 bridgehead atoms. The molecule has 1 aromatic carbocycles. The Morgan fingerprint density at radius 3 is 2.18 bits per heavy atom. The number of hydrogen-bond donors (Lipinski definition) is 2. The molecule has 5 rings (SSSR count). The van der Waals surface area contributed by atoms with Crippen molar-refractivity contribution < 1.29 is 9.90 Å². The zero-order chi connectivity index (χ0) is 22.6. The summed E-state index contributed by atoms with van der Waals surface area (Å²) in [5, 5.41) is 17.6. The third-order valence-corrected chi connectivity index (χ3v) is 7.44. The number of piperidine rings is 1. The van der Waals surface area contributed by atoms with E-state index in [1.807, 2.05) is 36.5 Å². The monoisotopic (exact) mass is 445 g/mol. The Hall–Kier alpha value is -3.22. The molecular weight excluding hydrogens is 414 g/mol. The lowest BCUT2D eigenvalue weighted by atomic mass is 9.72. The van der Waals surface area contributed by atoms with Gasteiger partial charge in [-0.15, -0.1) is 10.2 Å². The molecule has 1 saturated carbocycles. The van der Waals surface area contributed by atoms with E-state index in [2.05, 4.69) is 32.2 Å². The Morgan fingerprint density at radius 1 is 0.879 bits per heavy atom. The van der Waals surface area contributed by atoms with Crippen LogP contribution >= 0.6 is 0 Å². The average Bonchev–Trinajstić information content (AvgIpc) is 3.36. The fourth-order valence-electron chi connectivity index (χ4n) is 5.54. The Bertz CT molecular complexity index is 1050. The molecule has 2 fully saturated rings. The van der Waals surface area contributed by atoms with Gasteiger partial charge in [0.2, 0.25) is 0 Å². The number of pyridine rings is 1. The number of nitrogens with zero attached hydrogens (tertiary/aromatic N) is 4. The molecule has 0 unspecified atom stereocenters. The molecule has 3 heterocycles. The SMILES string of the molecule is O=C(O)C[C@H]1CC[C@@H](C2CCN(c3ccc(-c4nnc(-c5ccccc5)[nH]4)cn3)CC2)CC1. The second-order valence-electron chi connectivity index (χ2n) is 9.50. The summed E-state index contributed by atoms with van der Waals surface area (Å²) in [6, 6.07) is 14.1. The Balaban J connectivity index is 1.15. The number of carboxylic acids is 1. The van der Waals surface area contributed by atoms with Crippen LogP contribution in [0.15, 0.2) is 48.7 Å². The van der Waals surface area contributed by atoms with Crippen LogP contribution in [0.1, 0.15) is 44.9 Å². The van der Waals surface area contributed by atoms with E-state index < -0.39 is 5.97 Å². The number of benzene rings is 1. The molecule has 0 radical (unpaired) electrons. The molecule has 0 amide bonds. The van der Waals surface area contributed by atoms with Crippen LogP contribution in [0.25, 0.3) is 22.8 Å². The number of aromatic amines is 1. The van der Waals surface area contributed by atoms with E-state index in [9.17, 15) is 4.79 Å². The average molecular weight is 446 g/mol. The summed E-state index contributed by atoms with van der Waals surface area (Å²) in [6.45, 7) is 2.07. The van der Waals surface area contributed by atoms with Crippen molar-refractivity contribution in [3.8, 4) is 22.8 Å². The molecule has 3 aromatic rings. The van der Waals surface area contributed by atoms with Gasteiger partial charge >= 0.3 is 5.97 Å². The van der Waals surface area contributed by atoms with Gasteiger partial charge in [-0.3, -0.25) is 4.79 Å². The molecule has 1 saturated heterocycles. The highest BCUT2D eigenvalue weighted by Crippen LogP contribution is 2.39. The van der Waals surface area contributed by atoms with Crippen molar-refractivity contribution >= 4 is 11.8 Å². The van der Waals surface area contributed by atoms with Gasteiger partial charge in [0, 0.05) is 36.8 Å². The van der Waals surface area contributed by atoms with Gasteiger partial charge in [0.1, 0.15) is 5.82 Å². The van der Waals surface area contributed by atoms with Crippen molar-refractivity contribution in [2.45, 2.75) is 44.9 Å². The smallest absolute Gasteiger partial charge is 0.303 e. The van der Waals surface area contributed by atoms with Crippen molar-refractivity contribution in [3.05, 3.63) is 48.7 Å². The molecule has 0 atom stereocenters. The second-order valence-corrected chi connectivity index (χ2v) is 9.50. The zero-order valence-corrected chi connectivity index (χ0v) is 18.9. The largest absolute Gasteiger partial charge is 0.481 e. The molecule has 1 aliphatic heterocycles. The number of carboxylic acid groups (broad SMARTS) is 1. The summed E-state index contributed by atoms with van der Waals surface area (Å²) in [7, 11) is 0. The summed E-state index contributed by atoms with van der Waals surface area (Å²) in [5.41, 5.74) is 1.94. The van der Waals surface area contributed by atoms with E-state index >= 15 is 0 Å². The molecule has 2 aliphatic rings. The minimum Gasteiger partial charge on any atom is -0.481 e. The summed E-state index contributed by atoms with van der Waals surface area (Å²) in [5.74, 6) is 3.76. The van der Waals surface area contributed by atoms with Crippen LogP contribution in [-0.4, -0.2) is 44.3 Å². The van der Waals surface area contributed by atoms with E-state index in [4.69, 9.17) is 10.1 Å². The van der Waals surface area contributed by atoms with Crippen molar-refractivity contribution in [1.82, 2.24) is 20.2 Å². The highest BCUT2D eigenvalue weighted by Gasteiger charge is 2.31. The number of aromatic nitrogens is 4. The van der Waals surface area contributed by atoms with Crippen molar-refractivity contribution in [3.63, 3.8) is 0 Å². The van der Waals surface area contributed by atoms with Crippen LogP contribution in [-0.2, 0) is 4.79 Å². The molecule has 172 valence electrons. The lowest BCUT2D eigenvalue weighted by Crippen LogP contribution is -2.37. The second kappa shape index (κ2) is 9.73. The van der Waals surface area contributed by atoms with Crippen molar-refractivity contribution in [1.29, 1.82) is 0 Å². The molecule has 2 N–H and O–H groups in total. The standard InChI is InChI=1S/C26H31N5O2/c32-24(33)16-18-6-8-19(9-7-18)20-12-14-31(15-13-20)23-11-10-22(17-27-23)26-28-25(29-30-26)21-4-2-1-3-5-21/h1-5,10-11,17-20H,6-9,12-16H2,(H,32,33)(H,28,29,30)/t18-,19+. The first-order chi connectivity index (χ1) is 16.2. The summed E-state index contributed by atoms with van der Waals surface area (Å²) >= 11 is 0. The number of rotatable bonds is 6. The summed E-state index contributed by atoms with van der Waals surface area (Å²) in [6.07, 6.45) is 9.15. The van der Waals surface area contributed by atoms with Gasteiger partial charge in [-0.05, 0) is 68.4 Å². The molecule has 7 nitrogen and oxygen atoms in total. The van der Waals surface area contributed by atoms with Gasteiger partial charge in [0.05, 0.1) is 0 Å². The van der Waals surface area contributed by atoms with E-state index in [0.29, 0.717) is 12.3 Å². The predicted molar refractivity (Wildman–Crippen MR) is 128 cm³/mol. The maximum absolute atomic E-state index is 11.0. The van der Waals surface area contributed by atoms with E-state index in [1.54, 1.807) is 0 Å². The number of H-pyrrole nitrogens is 1. The first-order valence-electron chi connectivity index (χ1n) is 12.1. The topological polar surface area (TPSA) is 95.0 Å². The van der Waals surface area contributed by atoms with Gasteiger partial charge in [-0.25, -0.2) is 4.98 Å². The van der Waals surface area contributed by atoms with Crippen LogP contribution in [0.4, 0.5) is 5.82 Å². The van der Waals surface area contributed by atoms with Crippen molar-refractivity contribution in [2.75, 3.05) is 18.0 Å². The molecule has 2 aromatic heterocycles. The van der Waals surface area contributed by atoms with Crippen LogP contribution in [0.2, 0.25) is 0 Å². The maximum Gasteiger partial charge on any atom is 0.303 e. The molecular formula is C26H31N5O2. The molecule has 1 aliphatic carbocycles. The quantitative estimate of drug-likeness (QED) is 0.552. The predicted octanol–water partition coefficient (Wildman–Crippen LogP) is 5.03. The van der Waals surface area contributed by atoms with Gasteiger partial charge in [0.25, 0.3) is 0 Å². The van der Waals surface area contributed by atoms with Gasteiger partial charge in [0.15, 0.2) is 11.6 Å². The first-order valence-corrected chi connectivity index (χ1v) is 12.1. The van der Waals surface area contributed by atoms with Crippen LogP contribution in [0.3, 0.4) is 0 Å². The highest BCUT2D eigenvalue weighted by molar-refractivity contribution is 5.67. The van der Waals surface area contributed by atoms with E-state index in [0.717, 1.165) is 66.4 Å². The van der Waals surface area contributed by atoms with E-state index in [1.165, 1.54) is 25.7 Å². The summed E-state index contributed by atoms with van der Waals surface area (Å²) in [4.78, 5) is 21.4. The maximum atomic E-state index is 11.0. The minimum absolute atomic E-state index is 0.342. The Kier molecular flexibility index (Phi) is 6.37. The fourth-order valence-corrected chi connectivity index (χ4v) is 5.54. The molecule has 33 heavy (non-hydrogen) atoms. The lowest BCUT2D eigenvalue weighted by molar-refractivity contribution is -0.138. The molecule has 0 spiro atoms. The fraction of sp³-hybridized carbons (Fsp3) is 0.462. The normalized spacial score (nSPS) is 21.8. The number of carbonyl (C=O) groups is 1. The number of aliphatic carboxylic acids is 1. The first kappa shape index (κ1) is 21.6. The van der Waals surface area contributed by atoms with Gasteiger partial charge in [-0.2, -0.15) is 0 Å².